The minimum atomic E-state index is -3.46. The van der Waals surface area contributed by atoms with E-state index in [1.165, 1.54) is 4.31 Å². The molecule has 2 aliphatic rings. The number of ether oxygens (including phenoxy) is 1. The van der Waals surface area contributed by atoms with Gasteiger partial charge in [0.15, 0.2) is 0 Å². The molecular formula is C15H24N3O4S+. The number of nitrogens with zero attached hydrogens (tertiary/aromatic N) is 2. The van der Waals surface area contributed by atoms with Crippen LogP contribution in [0.4, 0.5) is 5.82 Å². The third-order valence-corrected chi connectivity index (χ3v) is 6.39. The number of rotatable bonds is 4. The van der Waals surface area contributed by atoms with Crippen molar-refractivity contribution in [2.75, 3.05) is 50.9 Å². The third kappa shape index (κ3) is 3.65. The molecule has 2 saturated heterocycles. The van der Waals surface area contributed by atoms with Crippen LogP contribution in [0.5, 0.6) is 0 Å². The summed E-state index contributed by atoms with van der Waals surface area (Å²) in [6, 6.07) is 3.46. The predicted molar refractivity (Wildman–Crippen MR) is 84.6 cm³/mol. The van der Waals surface area contributed by atoms with Crippen molar-refractivity contribution in [3.05, 3.63) is 18.3 Å². The quantitative estimate of drug-likeness (QED) is 0.814. The number of aliphatic hydroxyl groups is 1. The Kier molecular flexibility index (Phi) is 5.15. The minimum Gasteiger partial charge on any atom is -0.396 e. The number of sulfonamides is 1. The first-order valence-electron chi connectivity index (χ1n) is 8.06. The molecule has 0 bridgehead atoms. The molecule has 0 aliphatic carbocycles. The van der Waals surface area contributed by atoms with E-state index in [1.807, 2.05) is 6.07 Å². The first-order chi connectivity index (χ1) is 11.1. The summed E-state index contributed by atoms with van der Waals surface area (Å²) >= 11 is 0. The number of aromatic amines is 1. The minimum absolute atomic E-state index is 0.194. The van der Waals surface area contributed by atoms with Gasteiger partial charge in [-0.3, -0.25) is 4.90 Å². The van der Waals surface area contributed by atoms with Gasteiger partial charge in [0.2, 0.25) is 10.0 Å². The van der Waals surface area contributed by atoms with E-state index in [1.54, 1.807) is 12.3 Å². The zero-order valence-electron chi connectivity index (χ0n) is 13.1. The molecule has 3 heterocycles. The van der Waals surface area contributed by atoms with Gasteiger partial charge in [-0.1, -0.05) is 0 Å². The van der Waals surface area contributed by atoms with Crippen LogP contribution in [0, 0.1) is 5.92 Å². The average Bonchev–Trinajstić information content (AvgIpc) is 2.62. The van der Waals surface area contributed by atoms with Crippen LogP contribution in [0.2, 0.25) is 0 Å². The molecule has 0 unspecified atom stereocenters. The SMILES string of the molecule is O=S(=O)(c1ccc(N2CCC[C@@H](CO)C2)[nH+]c1)N1CCOCC1. The van der Waals surface area contributed by atoms with E-state index >= 15 is 0 Å². The van der Waals surface area contributed by atoms with E-state index in [-0.39, 0.29) is 17.4 Å². The first kappa shape index (κ1) is 16.6. The Morgan fingerprint density at radius 3 is 2.70 bits per heavy atom. The maximum Gasteiger partial charge on any atom is 0.274 e. The highest BCUT2D eigenvalue weighted by atomic mass is 32.2. The van der Waals surface area contributed by atoms with E-state index in [9.17, 15) is 13.5 Å². The van der Waals surface area contributed by atoms with Crippen molar-refractivity contribution in [1.29, 1.82) is 0 Å². The molecule has 8 heteroatoms. The highest BCUT2D eigenvalue weighted by molar-refractivity contribution is 7.89. The molecule has 1 aromatic heterocycles. The Labute approximate surface area is 136 Å². The van der Waals surface area contributed by atoms with E-state index in [0.717, 1.165) is 31.7 Å². The number of aromatic nitrogens is 1. The van der Waals surface area contributed by atoms with Gasteiger partial charge in [-0.05, 0) is 18.9 Å². The molecule has 0 spiro atoms. The van der Waals surface area contributed by atoms with Gasteiger partial charge >= 0.3 is 0 Å². The van der Waals surface area contributed by atoms with Crippen molar-refractivity contribution in [1.82, 2.24) is 4.31 Å². The Hall–Kier alpha value is -1.22. The van der Waals surface area contributed by atoms with Gasteiger partial charge in [0.1, 0.15) is 11.1 Å². The number of hydrogen-bond acceptors (Lipinski definition) is 5. The molecule has 2 fully saturated rings. The van der Waals surface area contributed by atoms with Gasteiger partial charge in [0.05, 0.1) is 26.3 Å². The van der Waals surface area contributed by atoms with Gasteiger partial charge in [-0.2, -0.15) is 4.31 Å². The lowest BCUT2D eigenvalue weighted by Gasteiger charge is -2.27. The number of piperidine rings is 1. The van der Waals surface area contributed by atoms with E-state index < -0.39 is 10.0 Å². The Morgan fingerprint density at radius 2 is 2.04 bits per heavy atom. The van der Waals surface area contributed by atoms with E-state index in [4.69, 9.17) is 4.74 Å². The van der Waals surface area contributed by atoms with Gasteiger partial charge in [0, 0.05) is 31.7 Å². The molecule has 2 aliphatic heterocycles. The molecule has 23 heavy (non-hydrogen) atoms. The molecule has 1 aromatic rings. The lowest BCUT2D eigenvalue weighted by atomic mass is 9.99. The van der Waals surface area contributed by atoms with Crippen molar-refractivity contribution in [2.45, 2.75) is 17.7 Å². The van der Waals surface area contributed by atoms with Gasteiger partial charge in [-0.15, -0.1) is 0 Å². The summed E-state index contributed by atoms with van der Waals surface area (Å²) in [5, 5.41) is 9.32. The highest BCUT2D eigenvalue weighted by Gasteiger charge is 2.29. The van der Waals surface area contributed by atoms with Crippen molar-refractivity contribution in [3.63, 3.8) is 0 Å². The number of aliphatic hydroxyl groups excluding tert-OH is 1. The van der Waals surface area contributed by atoms with Crippen molar-refractivity contribution >= 4 is 15.8 Å². The number of H-pyrrole nitrogens is 1. The largest absolute Gasteiger partial charge is 0.396 e. The van der Waals surface area contributed by atoms with Crippen molar-refractivity contribution in [2.24, 2.45) is 5.92 Å². The second kappa shape index (κ2) is 7.12. The molecule has 2 N–H and O–H groups in total. The number of nitrogens with one attached hydrogen (secondary N) is 1. The average molecular weight is 342 g/mol. The third-order valence-electron chi connectivity index (χ3n) is 4.49. The van der Waals surface area contributed by atoms with E-state index in [0.29, 0.717) is 26.3 Å². The number of anilines is 1. The lowest BCUT2D eigenvalue weighted by Crippen LogP contribution is -2.41. The topological polar surface area (TPSA) is 84.2 Å². The molecule has 1 atom stereocenters. The van der Waals surface area contributed by atoms with E-state index in [2.05, 4.69) is 9.88 Å². The monoisotopic (exact) mass is 342 g/mol. The molecule has 7 nitrogen and oxygen atoms in total. The smallest absolute Gasteiger partial charge is 0.274 e. The van der Waals surface area contributed by atoms with Crippen LogP contribution < -0.4 is 9.88 Å². The number of pyridine rings is 1. The Morgan fingerprint density at radius 1 is 1.26 bits per heavy atom. The summed E-state index contributed by atoms with van der Waals surface area (Å²) in [7, 11) is -3.46. The standard InChI is InChI=1S/C15H23N3O4S/c19-12-13-2-1-5-17(11-13)15-4-3-14(10-16-15)23(20,21)18-6-8-22-9-7-18/h3-4,10,13,19H,1-2,5-9,11-12H2/p+1/t13-/m1/s1. The second-order valence-electron chi connectivity index (χ2n) is 6.06. The molecule has 0 aromatic carbocycles. The van der Waals surface area contributed by atoms with Crippen LogP contribution in [0.25, 0.3) is 0 Å². The maximum atomic E-state index is 12.6. The molecule has 0 radical (unpaired) electrons. The van der Waals surface area contributed by atoms with Crippen molar-refractivity contribution < 1.29 is 23.2 Å². The highest BCUT2D eigenvalue weighted by Crippen LogP contribution is 2.21. The predicted octanol–water partition coefficient (Wildman–Crippen LogP) is -0.270. The molecular weight excluding hydrogens is 318 g/mol. The number of hydrogen-bond donors (Lipinski definition) is 1. The fourth-order valence-electron chi connectivity index (χ4n) is 3.13. The molecule has 0 amide bonds. The van der Waals surface area contributed by atoms with Crippen LogP contribution in [-0.2, 0) is 14.8 Å². The summed E-state index contributed by atoms with van der Waals surface area (Å²) in [4.78, 5) is 5.54. The first-order valence-corrected chi connectivity index (χ1v) is 9.50. The van der Waals surface area contributed by atoms with Crippen LogP contribution in [0.15, 0.2) is 23.2 Å². The molecule has 0 saturated carbocycles. The summed E-state index contributed by atoms with van der Waals surface area (Å²) in [6.07, 6.45) is 3.63. The Bertz CT molecular complexity index is 614. The molecule has 3 rings (SSSR count). The Balaban J connectivity index is 1.73. The van der Waals surface area contributed by atoms with Crippen molar-refractivity contribution in [3.8, 4) is 0 Å². The zero-order chi connectivity index (χ0) is 16.3. The summed E-state index contributed by atoms with van der Waals surface area (Å²) < 4.78 is 31.8. The van der Waals surface area contributed by atoms with Crippen LogP contribution in [0.1, 0.15) is 12.8 Å². The lowest BCUT2D eigenvalue weighted by molar-refractivity contribution is -0.367. The fourth-order valence-corrected chi connectivity index (χ4v) is 4.50. The van der Waals surface area contributed by atoms with Gasteiger partial charge in [0.25, 0.3) is 5.82 Å². The maximum absolute atomic E-state index is 12.6. The van der Waals surface area contributed by atoms with Crippen LogP contribution >= 0.6 is 0 Å². The summed E-state index contributed by atoms with van der Waals surface area (Å²) in [5.74, 6) is 1.18. The normalized spacial score (nSPS) is 23.9. The summed E-state index contributed by atoms with van der Waals surface area (Å²) in [6.45, 7) is 3.59. The summed E-state index contributed by atoms with van der Waals surface area (Å²) in [5.41, 5.74) is 0. The zero-order valence-corrected chi connectivity index (χ0v) is 14.0. The number of morpholine rings is 1. The van der Waals surface area contributed by atoms with Gasteiger partial charge < -0.3 is 9.84 Å². The van der Waals surface area contributed by atoms with Crippen LogP contribution in [0.3, 0.4) is 0 Å². The fraction of sp³-hybridized carbons (Fsp3) is 0.667. The molecule has 128 valence electrons. The van der Waals surface area contributed by atoms with Gasteiger partial charge in [-0.25, -0.2) is 13.4 Å². The van der Waals surface area contributed by atoms with Crippen LogP contribution in [-0.4, -0.2) is 63.8 Å². The second-order valence-corrected chi connectivity index (χ2v) is 8.00.